The Morgan fingerprint density at radius 1 is 1.24 bits per heavy atom. The quantitative estimate of drug-likeness (QED) is 0.523. The second-order valence-electron chi connectivity index (χ2n) is 6.83. The first kappa shape index (κ1) is 19.3. The van der Waals surface area contributed by atoms with Gasteiger partial charge < -0.3 is 9.73 Å². The molecule has 1 aromatic carbocycles. The van der Waals surface area contributed by atoms with E-state index in [2.05, 4.69) is 10.4 Å². The fraction of sp³-hybridized carbons (Fsp3) is 0.286. The molecule has 4 rings (SSSR count). The lowest BCUT2D eigenvalue weighted by molar-refractivity contribution is -0.125. The average molecular weight is 413 g/mol. The molecule has 3 heterocycles. The fourth-order valence-electron chi connectivity index (χ4n) is 3.56. The molecule has 0 aliphatic rings. The molecule has 0 unspecified atom stereocenters. The van der Waals surface area contributed by atoms with Crippen LogP contribution in [0.5, 0.6) is 0 Å². The smallest absolute Gasteiger partial charge is 0.291 e. The van der Waals surface area contributed by atoms with Crippen molar-refractivity contribution in [2.45, 2.75) is 39.3 Å². The predicted octanol–water partition coefficient (Wildman–Crippen LogP) is 3.73. The van der Waals surface area contributed by atoms with Crippen LogP contribution in [0.3, 0.4) is 0 Å². The molecule has 1 amide bonds. The summed E-state index contributed by atoms with van der Waals surface area (Å²) in [4.78, 5) is 26.0. The van der Waals surface area contributed by atoms with Gasteiger partial charge in [0.05, 0.1) is 11.8 Å². The molecule has 150 valence electrons. The zero-order valence-corrected chi connectivity index (χ0v) is 16.9. The maximum Gasteiger partial charge on any atom is 0.291 e. The van der Waals surface area contributed by atoms with Crippen molar-refractivity contribution in [3.63, 3.8) is 0 Å². The Hall–Kier alpha value is -3.06. The zero-order chi connectivity index (χ0) is 20.5. The number of amides is 1. The number of nitrogens with one attached hydrogen (secondary N) is 1. The van der Waals surface area contributed by atoms with E-state index in [-0.39, 0.29) is 11.5 Å². The summed E-state index contributed by atoms with van der Waals surface area (Å²) < 4.78 is 8.53. The number of benzene rings is 1. The van der Waals surface area contributed by atoms with E-state index in [1.54, 1.807) is 28.9 Å². The van der Waals surface area contributed by atoms with Crippen molar-refractivity contribution in [2.24, 2.45) is 0 Å². The van der Waals surface area contributed by atoms with Gasteiger partial charge in [0.15, 0.2) is 5.58 Å². The maximum absolute atomic E-state index is 13.1. The van der Waals surface area contributed by atoms with Gasteiger partial charge in [0.2, 0.25) is 5.91 Å². The average Bonchev–Trinajstić information content (AvgIpc) is 3.30. The Balaban J connectivity index is 1.70. The highest BCUT2D eigenvalue weighted by molar-refractivity contribution is 6.30. The summed E-state index contributed by atoms with van der Waals surface area (Å²) in [6.07, 6.45) is 2.62. The lowest BCUT2D eigenvalue weighted by Gasteiger charge is -2.18. The van der Waals surface area contributed by atoms with E-state index in [0.717, 1.165) is 11.1 Å². The minimum absolute atomic E-state index is 0.260. The Bertz CT molecular complexity index is 1250. The van der Waals surface area contributed by atoms with Crippen molar-refractivity contribution in [2.75, 3.05) is 0 Å². The Morgan fingerprint density at radius 2 is 2.07 bits per heavy atom. The second-order valence-corrected chi connectivity index (χ2v) is 7.26. The zero-order valence-electron chi connectivity index (χ0n) is 16.2. The first-order valence-corrected chi connectivity index (χ1v) is 9.93. The summed E-state index contributed by atoms with van der Waals surface area (Å²) in [5.74, 6) is 0.431. The molecule has 0 spiro atoms. The summed E-state index contributed by atoms with van der Waals surface area (Å²) in [5, 5.41) is 8.02. The molecule has 1 N–H and O–H groups in total. The van der Waals surface area contributed by atoms with E-state index >= 15 is 0 Å². The minimum atomic E-state index is -0.710. The number of aromatic nitrogens is 3. The summed E-state index contributed by atoms with van der Waals surface area (Å²) in [6.45, 7) is 4.14. The number of rotatable bonds is 6. The summed E-state index contributed by atoms with van der Waals surface area (Å²) in [6, 6.07) is 10.1. The number of carbonyl (C=O) groups excluding carboxylic acids is 1. The molecular formula is C21H21ClN4O3. The van der Waals surface area contributed by atoms with Crippen molar-refractivity contribution in [1.82, 2.24) is 19.5 Å². The van der Waals surface area contributed by atoms with Crippen LogP contribution in [-0.4, -0.2) is 20.1 Å². The van der Waals surface area contributed by atoms with Gasteiger partial charge in [0.1, 0.15) is 17.4 Å². The van der Waals surface area contributed by atoms with Crippen LogP contribution in [0.25, 0.3) is 16.6 Å². The minimum Gasteiger partial charge on any atom is -0.463 e. The Kier molecular flexibility index (Phi) is 5.15. The van der Waals surface area contributed by atoms with Gasteiger partial charge in [0, 0.05) is 30.1 Å². The summed E-state index contributed by atoms with van der Waals surface area (Å²) in [5.41, 5.74) is 2.44. The molecule has 29 heavy (non-hydrogen) atoms. The predicted molar refractivity (Wildman–Crippen MR) is 111 cm³/mol. The number of fused-ring (bicyclic) bond motifs is 3. The van der Waals surface area contributed by atoms with Crippen LogP contribution in [0, 0.1) is 0 Å². The SMILES string of the molecule is CCc1nn([C@H](CC)C(=O)NCc2cccc(Cl)c2)c(=O)c2cc3occc3n12. The number of carbonyl (C=O) groups is 1. The number of hydrogen-bond donors (Lipinski definition) is 1. The van der Waals surface area contributed by atoms with Crippen LogP contribution in [0.2, 0.25) is 5.02 Å². The highest BCUT2D eigenvalue weighted by Gasteiger charge is 2.24. The normalized spacial score (nSPS) is 12.5. The molecule has 3 aromatic heterocycles. The van der Waals surface area contributed by atoms with Gasteiger partial charge in [-0.05, 0) is 24.1 Å². The van der Waals surface area contributed by atoms with Crippen LogP contribution in [-0.2, 0) is 17.8 Å². The van der Waals surface area contributed by atoms with Gasteiger partial charge in [-0.15, -0.1) is 0 Å². The van der Waals surface area contributed by atoms with Crippen molar-refractivity contribution < 1.29 is 9.21 Å². The molecule has 8 heteroatoms. The molecule has 7 nitrogen and oxygen atoms in total. The van der Waals surface area contributed by atoms with E-state index in [9.17, 15) is 9.59 Å². The molecule has 0 aliphatic heterocycles. The maximum atomic E-state index is 13.1. The highest BCUT2D eigenvalue weighted by atomic mass is 35.5. The first-order valence-electron chi connectivity index (χ1n) is 9.56. The lowest BCUT2D eigenvalue weighted by atomic mass is 10.2. The topological polar surface area (TPSA) is 81.5 Å². The monoisotopic (exact) mass is 412 g/mol. The number of nitrogens with zero attached hydrogens (tertiary/aromatic N) is 3. The highest BCUT2D eigenvalue weighted by Crippen LogP contribution is 2.21. The van der Waals surface area contributed by atoms with E-state index < -0.39 is 6.04 Å². The van der Waals surface area contributed by atoms with Crippen molar-refractivity contribution in [3.05, 3.63) is 69.4 Å². The lowest BCUT2D eigenvalue weighted by Crippen LogP contribution is -2.39. The first-order chi connectivity index (χ1) is 14.0. The molecule has 4 aromatic rings. The van der Waals surface area contributed by atoms with Crippen molar-refractivity contribution >= 4 is 34.1 Å². The molecule has 0 radical (unpaired) electrons. The number of aryl methyl sites for hydroxylation is 1. The third-order valence-corrected chi connectivity index (χ3v) is 5.22. The summed E-state index contributed by atoms with van der Waals surface area (Å²) >= 11 is 6.00. The third kappa shape index (κ3) is 3.42. The van der Waals surface area contributed by atoms with E-state index in [1.165, 1.54) is 4.68 Å². The molecule has 0 fully saturated rings. The van der Waals surface area contributed by atoms with Gasteiger partial charge in [-0.2, -0.15) is 5.10 Å². The molecule has 0 bridgehead atoms. The van der Waals surface area contributed by atoms with E-state index in [1.807, 2.05) is 32.0 Å². The van der Waals surface area contributed by atoms with Crippen LogP contribution < -0.4 is 10.9 Å². The molecule has 0 saturated heterocycles. The molecule has 0 saturated carbocycles. The van der Waals surface area contributed by atoms with Crippen LogP contribution in [0.1, 0.15) is 37.7 Å². The largest absolute Gasteiger partial charge is 0.463 e. The van der Waals surface area contributed by atoms with Gasteiger partial charge in [-0.3, -0.25) is 14.0 Å². The van der Waals surface area contributed by atoms with Gasteiger partial charge in [-0.1, -0.05) is 37.6 Å². The van der Waals surface area contributed by atoms with Gasteiger partial charge in [-0.25, -0.2) is 4.68 Å². The molecule has 1 atom stereocenters. The number of hydrogen-bond acceptors (Lipinski definition) is 4. The van der Waals surface area contributed by atoms with Gasteiger partial charge >= 0.3 is 0 Å². The Labute approximate surface area is 171 Å². The van der Waals surface area contributed by atoms with Crippen molar-refractivity contribution in [1.29, 1.82) is 0 Å². The van der Waals surface area contributed by atoms with Crippen molar-refractivity contribution in [3.8, 4) is 0 Å². The molecular weight excluding hydrogens is 392 g/mol. The number of furan rings is 1. The Morgan fingerprint density at radius 3 is 2.79 bits per heavy atom. The van der Waals surface area contributed by atoms with E-state index in [0.29, 0.717) is 41.3 Å². The van der Waals surface area contributed by atoms with Gasteiger partial charge in [0.25, 0.3) is 5.56 Å². The summed E-state index contributed by atoms with van der Waals surface area (Å²) in [7, 11) is 0. The van der Waals surface area contributed by atoms with Crippen LogP contribution in [0.4, 0.5) is 0 Å². The second kappa shape index (κ2) is 7.75. The standard InChI is InChI=1S/C21H21ClN4O3/c1-3-15(20(27)23-12-13-6-5-7-14(22)10-13)26-21(28)17-11-18-16(8-9-29-18)25(17)19(4-2)24-26/h5-11,15H,3-4,12H2,1-2H3,(H,23,27)/t15-/m1/s1. The van der Waals surface area contributed by atoms with E-state index in [4.69, 9.17) is 16.0 Å². The third-order valence-electron chi connectivity index (χ3n) is 4.99. The number of halogens is 1. The fourth-order valence-corrected chi connectivity index (χ4v) is 3.77. The molecule has 0 aliphatic carbocycles. The van der Waals surface area contributed by atoms with Crippen LogP contribution >= 0.6 is 11.6 Å². The van der Waals surface area contributed by atoms with Crippen LogP contribution in [0.15, 0.2) is 51.9 Å².